The second-order valence-corrected chi connectivity index (χ2v) is 6.52. The van der Waals surface area contributed by atoms with Gasteiger partial charge in [-0.15, -0.1) is 0 Å². The third-order valence-corrected chi connectivity index (χ3v) is 4.93. The zero-order valence-electron chi connectivity index (χ0n) is 16.3. The summed E-state index contributed by atoms with van der Waals surface area (Å²) in [6, 6.07) is 17.1. The minimum absolute atomic E-state index is 0.253. The van der Waals surface area contributed by atoms with E-state index in [4.69, 9.17) is 9.47 Å². The smallest absolute Gasteiger partial charge is 0.340 e. The van der Waals surface area contributed by atoms with Crippen LogP contribution in [0.5, 0.6) is 5.75 Å². The molecule has 0 aliphatic carbocycles. The lowest BCUT2D eigenvalue weighted by molar-refractivity contribution is 0.0529. The maximum absolute atomic E-state index is 12.9. The lowest BCUT2D eigenvalue weighted by Gasteiger charge is -2.13. The first-order valence-corrected chi connectivity index (χ1v) is 9.61. The van der Waals surface area contributed by atoms with Crippen LogP contribution in [0.25, 0.3) is 27.4 Å². The zero-order valence-corrected chi connectivity index (χ0v) is 16.3. The molecule has 0 bridgehead atoms. The quantitative estimate of drug-likeness (QED) is 0.339. The Kier molecular flexibility index (Phi) is 5.04. The molecule has 0 amide bonds. The Balaban J connectivity index is 2.12. The fraction of sp³-hybridized carbons (Fsp3) is 0.167. The van der Waals surface area contributed by atoms with Gasteiger partial charge < -0.3 is 13.9 Å². The number of hydrogen-bond acceptors (Lipinski definition) is 4. The number of esters is 1. The first kappa shape index (κ1) is 18.7. The number of pyridine rings is 1. The van der Waals surface area contributed by atoms with Crippen LogP contribution in [-0.4, -0.2) is 29.9 Å². The molecule has 0 fully saturated rings. The van der Waals surface area contributed by atoms with Crippen LogP contribution in [0.3, 0.4) is 0 Å². The Morgan fingerprint density at radius 1 is 0.966 bits per heavy atom. The summed E-state index contributed by atoms with van der Waals surface area (Å²) < 4.78 is 12.8. The van der Waals surface area contributed by atoms with Gasteiger partial charge in [0.25, 0.3) is 0 Å². The van der Waals surface area contributed by atoms with E-state index in [0.717, 1.165) is 28.4 Å². The Morgan fingerprint density at radius 2 is 1.72 bits per heavy atom. The SMILES string of the molecule is CCOC(=O)c1c(-c2ccc(OCC)c3ccccc23)c(C=O)n2ccccc12. The largest absolute Gasteiger partial charge is 0.493 e. The van der Waals surface area contributed by atoms with Crippen molar-refractivity contribution in [2.75, 3.05) is 13.2 Å². The van der Waals surface area contributed by atoms with Gasteiger partial charge in [0.1, 0.15) is 5.75 Å². The van der Waals surface area contributed by atoms with Crippen LogP contribution in [0.2, 0.25) is 0 Å². The first-order valence-electron chi connectivity index (χ1n) is 9.61. The normalized spacial score (nSPS) is 11.0. The summed E-state index contributed by atoms with van der Waals surface area (Å²) in [6.45, 7) is 4.51. The number of aldehydes is 1. The molecule has 5 nitrogen and oxygen atoms in total. The highest BCUT2D eigenvalue weighted by molar-refractivity contribution is 6.13. The molecule has 0 aliphatic heterocycles. The third kappa shape index (κ3) is 3.05. The minimum atomic E-state index is -0.447. The molecular weight excluding hydrogens is 366 g/mol. The molecule has 4 rings (SSSR count). The summed E-state index contributed by atoms with van der Waals surface area (Å²) in [5.74, 6) is 0.318. The standard InChI is InChI=1S/C24H21NO4/c1-3-28-21-13-12-18(16-9-5-6-10-17(16)21)22-20(15-26)25-14-8-7-11-19(25)23(22)24(27)29-4-2/h5-15H,3-4H2,1-2H3. The van der Waals surface area contributed by atoms with E-state index in [9.17, 15) is 9.59 Å². The van der Waals surface area contributed by atoms with Crippen molar-refractivity contribution in [3.63, 3.8) is 0 Å². The van der Waals surface area contributed by atoms with Crippen molar-refractivity contribution >= 4 is 28.5 Å². The van der Waals surface area contributed by atoms with E-state index in [1.54, 1.807) is 17.5 Å². The molecule has 2 aromatic heterocycles. The second kappa shape index (κ2) is 7.80. The highest BCUT2D eigenvalue weighted by Crippen LogP contribution is 2.40. The summed E-state index contributed by atoms with van der Waals surface area (Å²) in [5.41, 5.74) is 2.81. The van der Waals surface area contributed by atoms with Gasteiger partial charge in [-0.2, -0.15) is 0 Å². The number of fused-ring (bicyclic) bond motifs is 2. The Labute approximate surface area is 168 Å². The van der Waals surface area contributed by atoms with Gasteiger partial charge in [0.05, 0.1) is 30.0 Å². The van der Waals surface area contributed by atoms with Gasteiger partial charge in [-0.05, 0) is 49.1 Å². The predicted molar refractivity (Wildman–Crippen MR) is 113 cm³/mol. The highest BCUT2D eigenvalue weighted by atomic mass is 16.5. The van der Waals surface area contributed by atoms with E-state index in [2.05, 4.69) is 0 Å². The number of benzene rings is 2. The number of nitrogens with zero attached hydrogens (tertiary/aromatic N) is 1. The molecule has 0 aliphatic rings. The molecule has 0 saturated heterocycles. The van der Waals surface area contributed by atoms with Crippen molar-refractivity contribution in [3.8, 4) is 16.9 Å². The summed E-state index contributed by atoms with van der Waals surface area (Å²) in [5, 5.41) is 1.83. The number of ether oxygens (including phenoxy) is 2. The van der Waals surface area contributed by atoms with Crippen molar-refractivity contribution in [2.24, 2.45) is 0 Å². The van der Waals surface area contributed by atoms with E-state index in [-0.39, 0.29) is 6.61 Å². The van der Waals surface area contributed by atoms with Crippen LogP contribution >= 0.6 is 0 Å². The van der Waals surface area contributed by atoms with Gasteiger partial charge in [0.2, 0.25) is 0 Å². The number of rotatable bonds is 6. The molecule has 2 aromatic carbocycles. The topological polar surface area (TPSA) is 57.0 Å². The van der Waals surface area contributed by atoms with E-state index in [0.29, 0.717) is 28.9 Å². The summed E-state index contributed by atoms with van der Waals surface area (Å²) in [6.07, 6.45) is 2.57. The number of carbonyl (C=O) groups is 2. The van der Waals surface area contributed by atoms with Crippen LogP contribution in [0.1, 0.15) is 34.7 Å². The molecule has 0 spiro atoms. The van der Waals surface area contributed by atoms with Crippen molar-refractivity contribution in [3.05, 3.63) is 72.1 Å². The molecular formula is C24H21NO4. The van der Waals surface area contributed by atoms with E-state index in [1.807, 2.05) is 61.5 Å². The van der Waals surface area contributed by atoms with Gasteiger partial charge in [-0.25, -0.2) is 4.79 Å². The second-order valence-electron chi connectivity index (χ2n) is 6.52. The predicted octanol–water partition coefficient (Wildman–Crippen LogP) is 5.15. The van der Waals surface area contributed by atoms with Crippen LogP contribution in [0.4, 0.5) is 0 Å². The molecule has 0 saturated carbocycles. The minimum Gasteiger partial charge on any atom is -0.493 e. The first-order chi connectivity index (χ1) is 14.2. The lowest BCUT2D eigenvalue weighted by atomic mass is 9.94. The van der Waals surface area contributed by atoms with Gasteiger partial charge in [-0.1, -0.05) is 30.3 Å². The molecule has 29 heavy (non-hydrogen) atoms. The van der Waals surface area contributed by atoms with E-state index < -0.39 is 5.97 Å². The zero-order chi connectivity index (χ0) is 20.4. The fourth-order valence-corrected chi connectivity index (χ4v) is 3.80. The van der Waals surface area contributed by atoms with Crippen LogP contribution in [-0.2, 0) is 4.74 Å². The molecule has 5 heteroatoms. The maximum atomic E-state index is 12.9. The molecule has 146 valence electrons. The molecule has 0 radical (unpaired) electrons. The van der Waals surface area contributed by atoms with Gasteiger partial charge in [-0.3, -0.25) is 4.79 Å². The Morgan fingerprint density at radius 3 is 2.45 bits per heavy atom. The fourth-order valence-electron chi connectivity index (χ4n) is 3.80. The molecule has 0 unspecified atom stereocenters. The van der Waals surface area contributed by atoms with E-state index >= 15 is 0 Å². The van der Waals surface area contributed by atoms with Crippen molar-refractivity contribution < 1.29 is 19.1 Å². The Bertz CT molecular complexity index is 1220. The van der Waals surface area contributed by atoms with Crippen LogP contribution < -0.4 is 4.74 Å². The van der Waals surface area contributed by atoms with Gasteiger partial charge >= 0.3 is 5.97 Å². The molecule has 0 atom stereocenters. The number of hydrogen-bond donors (Lipinski definition) is 0. The third-order valence-electron chi connectivity index (χ3n) is 4.93. The summed E-state index contributed by atoms with van der Waals surface area (Å²) >= 11 is 0. The number of carbonyl (C=O) groups excluding carboxylic acids is 2. The average Bonchev–Trinajstić information content (AvgIpc) is 3.08. The summed E-state index contributed by atoms with van der Waals surface area (Å²) in [7, 11) is 0. The molecule has 4 aromatic rings. The van der Waals surface area contributed by atoms with Crippen molar-refractivity contribution in [1.82, 2.24) is 4.40 Å². The highest BCUT2D eigenvalue weighted by Gasteiger charge is 2.26. The van der Waals surface area contributed by atoms with Crippen molar-refractivity contribution in [2.45, 2.75) is 13.8 Å². The van der Waals surface area contributed by atoms with Crippen molar-refractivity contribution in [1.29, 1.82) is 0 Å². The van der Waals surface area contributed by atoms with Gasteiger partial charge in [0, 0.05) is 17.1 Å². The monoisotopic (exact) mass is 387 g/mol. The molecule has 2 heterocycles. The van der Waals surface area contributed by atoms with Crippen LogP contribution in [0, 0.1) is 0 Å². The maximum Gasteiger partial charge on any atom is 0.340 e. The molecule has 0 N–H and O–H groups in total. The van der Waals surface area contributed by atoms with Crippen LogP contribution in [0.15, 0.2) is 60.8 Å². The lowest BCUT2D eigenvalue weighted by Crippen LogP contribution is -2.06. The average molecular weight is 387 g/mol. The number of aromatic nitrogens is 1. The van der Waals surface area contributed by atoms with E-state index in [1.165, 1.54) is 0 Å². The van der Waals surface area contributed by atoms with Gasteiger partial charge in [0.15, 0.2) is 6.29 Å². The summed E-state index contributed by atoms with van der Waals surface area (Å²) in [4.78, 5) is 25.0. The Hall–Kier alpha value is -3.60.